The van der Waals surface area contributed by atoms with E-state index in [4.69, 9.17) is 4.74 Å². The first-order chi connectivity index (χ1) is 12.5. The van der Waals surface area contributed by atoms with Crippen LogP contribution in [0.25, 0.3) is 0 Å². The van der Waals surface area contributed by atoms with Gasteiger partial charge in [0.15, 0.2) is 0 Å². The van der Waals surface area contributed by atoms with Crippen molar-refractivity contribution in [2.45, 2.75) is 25.1 Å². The molecule has 1 aromatic carbocycles. The molecule has 0 aliphatic carbocycles. The Bertz CT molecular complexity index is 744. The van der Waals surface area contributed by atoms with Crippen molar-refractivity contribution in [1.82, 2.24) is 10.3 Å². The van der Waals surface area contributed by atoms with Gasteiger partial charge in [0, 0.05) is 25.6 Å². The normalized spacial score (nSPS) is 16.9. The van der Waals surface area contributed by atoms with Crippen molar-refractivity contribution in [2.75, 3.05) is 13.2 Å². The van der Waals surface area contributed by atoms with Gasteiger partial charge in [-0.2, -0.15) is 13.2 Å². The van der Waals surface area contributed by atoms with Gasteiger partial charge >= 0.3 is 6.18 Å². The molecule has 1 N–H and O–H groups in total. The van der Waals surface area contributed by atoms with Gasteiger partial charge in [0.05, 0.1) is 17.2 Å². The molecule has 2 aromatic rings. The molecule has 1 unspecified atom stereocenters. The summed E-state index contributed by atoms with van der Waals surface area (Å²) < 4.78 is 45.0. The van der Waals surface area contributed by atoms with E-state index in [-0.39, 0.29) is 11.5 Å². The maximum Gasteiger partial charge on any atom is 0.417 e. The van der Waals surface area contributed by atoms with Gasteiger partial charge in [-0.3, -0.25) is 9.78 Å². The van der Waals surface area contributed by atoms with Gasteiger partial charge in [0.2, 0.25) is 0 Å². The van der Waals surface area contributed by atoms with Crippen LogP contribution >= 0.6 is 0 Å². The van der Waals surface area contributed by atoms with E-state index in [1.165, 1.54) is 18.2 Å². The number of hydrogen-bond acceptors (Lipinski definition) is 3. The Morgan fingerprint density at radius 1 is 1.15 bits per heavy atom. The number of alkyl halides is 3. The van der Waals surface area contributed by atoms with Crippen LogP contribution in [0.4, 0.5) is 13.2 Å². The van der Waals surface area contributed by atoms with Crippen molar-refractivity contribution in [1.29, 1.82) is 0 Å². The standard InChI is InChI=1S/C19H19F3N2O2/c20-19(21,22)16-6-2-1-5-15(16)18(25)24-17(13-7-10-26-11-8-13)14-4-3-9-23-12-14/h1-6,9,12-13,17H,7-8,10-11H2,(H,24,25). The number of benzene rings is 1. The average molecular weight is 364 g/mol. The van der Waals surface area contributed by atoms with Crippen molar-refractivity contribution in [3.63, 3.8) is 0 Å². The zero-order chi connectivity index (χ0) is 18.6. The monoisotopic (exact) mass is 364 g/mol. The summed E-state index contributed by atoms with van der Waals surface area (Å²) in [6.45, 7) is 1.13. The highest BCUT2D eigenvalue weighted by Crippen LogP contribution is 2.33. The molecule has 0 bridgehead atoms. The minimum absolute atomic E-state index is 0.0787. The van der Waals surface area contributed by atoms with E-state index in [1.54, 1.807) is 18.5 Å². The van der Waals surface area contributed by atoms with Gasteiger partial charge in [-0.15, -0.1) is 0 Å². The Hall–Kier alpha value is -2.41. The van der Waals surface area contributed by atoms with E-state index < -0.39 is 23.7 Å². The topological polar surface area (TPSA) is 51.2 Å². The van der Waals surface area contributed by atoms with Gasteiger partial charge in [-0.1, -0.05) is 18.2 Å². The van der Waals surface area contributed by atoms with Crippen molar-refractivity contribution in [3.8, 4) is 0 Å². The number of carbonyl (C=O) groups is 1. The van der Waals surface area contributed by atoms with Gasteiger partial charge in [-0.05, 0) is 42.5 Å². The molecule has 4 nitrogen and oxygen atoms in total. The van der Waals surface area contributed by atoms with Crippen LogP contribution in [0.1, 0.15) is 40.4 Å². The third kappa shape index (κ3) is 4.22. The molecule has 1 aliphatic rings. The maximum absolute atomic E-state index is 13.2. The Labute approximate surface area is 149 Å². The second kappa shape index (κ2) is 7.86. The van der Waals surface area contributed by atoms with Crippen LogP contribution in [-0.4, -0.2) is 24.1 Å². The zero-order valence-electron chi connectivity index (χ0n) is 14.0. The molecule has 26 heavy (non-hydrogen) atoms. The average Bonchev–Trinajstić information content (AvgIpc) is 2.66. The number of halogens is 3. The number of carbonyl (C=O) groups excluding carboxylic acids is 1. The summed E-state index contributed by atoms with van der Waals surface area (Å²) >= 11 is 0. The van der Waals surface area contributed by atoms with Crippen LogP contribution in [0.3, 0.4) is 0 Å². The molecule has 3 rings (SSSR count). The molecule has 0 spiro atoms. The molecule has 1 fully saturated rings. The van der Waals surface area contributed by atoms with Gasteiger partial charge < -0.3 is 10.1 Å². The number of aromatic nitrogens is 1. The molecular formula is C19H19F3N2O2. The van der Waals surface area contributed by atoms with Crippen LogP contribution in [0.2, 0.25) is 0 Å². The molecule has 2 heterocycles. The van der Waals surface area contributed by atoms with Gasteiger partial charge in [0.1, 0.15) is 0 Å². The lowest BCUT2D eigenvalue weighted by atomic mass is 9.87. The van der Waals surface area contributed by atoms with E-state index in [9.17, 15) is 18.0 Å². The first kappa shape index (κ1) is 18.4. The molecular weight excluding hydrogens is 345 g/mol. The molecule has 0 radical (unpaired) electrons. The second-order valence-electron chi connectivity index (χ2n) is 6.23. The fourth-order valence-corrected chi connectivity index (χ4v) is 3.23. The molecule has 1 aromatic heterocycles. The lowest BCUT2D eigenvalue weighted by Crippen LogP contribution is -2.36. The van der Waals surface area contributed by atoms with Crippen molar-refractivity contribution in [2.24, 2.45) is 5.92 Å². The predicted molar refractivity (Wildman–Crippen MR) is 89.4 cm³/mol. The third-order valence-electron chi connectivity index (χ3n) is 4.54. The highest BCUT2D eigenvalue weighted by molar-refractivity contribution is 5.96. The lowest BCUT2D eigenvalue weighted by molar-refractivity contribution is -0.137. The van der Waals surface area contributed by atoms with E-state index >= 15 is 0 Å². The summed E-state index contributed by atoms with van der Waals surface area (Å²) in [7, 11) is 0. The van der Waals surface area contributed by atoms with Crippen molar-refractivity contribution >= 4 is 5.91 Å². The van der Waals surface area contributed by atoms with E-state index in [0.717, 1.165) is 24.5 Å². The number of nitrogens with zero attached hydrogens (tertiary/aromatic N) is 1. The molecule has 1 amide bonds. The Kier molecular flexibility index (Phi) is 5.56. The van der Waals surface area contributed by atoms with Crippen LogP contribution < -0.4 is 5.32 Å². The Morgan fingerprint density at radius 2 is 1.88 bits per heavy atom. The molecule has 1 saturated heterocycles. The first-order valence-electron chi connectivity index (χ1n) is 8.41. The van der Waals surface area contributed by atoms with Gasteiger partial charge in [0.25, 0.3) is 5.91 Å². The van der Waals surface area contributed by atoms with Crippen molar-refractivity contribution < 1.29 is 22.7 Å². The maximum atomic E-state index is 13.2. The highest BCUT2D eigenvalue weighted by atomic mass is 19.4. The Balaban J connectivity index is 1.89. The minimum Gasteiger partial charge on any atom is -0.381 e. The number of hydrogen-bond donors (Lipinski definition) is 1. The summed E-state index contributed by atoms with van der Waals surface area (Å²) in [6.07, 6.45) is 0.110. The summed E-state index contributed by atoms with van der Waals surface area (Å²) in [5.74, 6) is -0.659. The summed E-state index contributed by atoms with van der Waals surface area (Å²) in [5, 5.41) is 2.80. The fraction of sp³-hybridized carbons (Fsp3) is 0.368. The molecule has 1 atom stereocenters. The van der Waals surface area contributed by atoms with E-state index in [0.29, 0.717) is 13.2 Å². The largest absolute Gasteiger partial charge is 0.417 e. The van der Waals surface area contributed by atoms with Crippen molar-refractivity contribution in [3.05, 3.63) is 65.5 Å². The SMILES string of the molecule is O=C(NC(c1cccnc1)C1CCOCC1)c1ccccc1C(F)(F)F. The minimum atomic E-state index is -4.59. The Morgan fingerprint density at radius 3 is 2.54 bits per heavy atom. The smallest absolute Gasteiger partial charge is 0.381 e. The number of amides is 1. The molecule has 138 valence electrons. The number of nitrogens with one attached hydrogen (secondary N) is 1. The van der Waals surface area contributed by atoms with E-state index in [2.05, 4.69) is 10.3 Å². The fourth-order valence-electron chi connectivity index (χ4n) is 3.23. The number of pyridine rings is 1. The number of rotatable bonds is 4. The second-order valence-corrected chi connectivity index (χ2v) is 6.23. The van der Waals surface area contributed by atoms with E-state index in [1.807, 2.05) is 6.07 Å². The quantitative estimate of drug-likeness (QED) is 0.892. The molecule has 1 aliphatic heterocycles. The predicted octanol–water partition coefficient (Wildman–Crippen LogP) is 4.00. The highest BCUT2D eigenvalue weighted by Gasteiger charge is 2.36. The van der Waals surface area contributed by atoms with Crippen LogP contribution in [-0.2, 0) is 10.9 Å². The summed E-state index contributed by atoms with van der Waals surface area (Å²) in [4.78, 5) is 16.8. The van der Waals surface area contributed by atoms with Crippen LogP contribution in [0.15, 0.2) is 48.8 Å². The van der Waals surface area contributed by atoms with Crippen LogP contribution in [0, 0.1) is 5.92 Å². The summed E-state index contributed by atoms with van der Waals surface area (Å²) in [5.41, 5.74) is -0.535. The van der Waals surface area contributed by atoms with Crippen LogP contribution in [0.5, 0.6) is 0 Å². The third-order valence-corrected chi connectivity index (χ3v) is 4.54. The lowest BCUT2D eigenvalue weighted by Gasteiger charge is -2.31. The van der Waals surface area contributed by atoms with Gasteiger partial charge in [-0.25, -0.2) is 0 Å². The molecule has 7 heteroatoms. The molecule has 0 saturated carbocycles. The number of ether oxygens (including phenoxy) is 1. The zero-order valence-corrected chi connectivity index (χ0v) is 14.0. The summed E-state index contributed by atoms with van der Waals surface area (Å²) in [6, 6.07) is 7.97. The first-order valence-corrected chi connectivity index (χ1v) is 8.41.